The average Bonchev–Trinajstić information content (AvgIpc) is 2.88. The molecule has 0 unspecified atom stereocenters. The molecule has 3 rings (SSSR count). The second kappa shape index (κ2) is 3.42. The van der Waals surface area contributed by atoms with Gasteiger partial charge in [-0.3, -0.25) is 0 Å². The lowest BCUT2D eigenvalue weighted by Crippen LogP contribution is -2.33. The van der Waals surface area contributed by atoms with E-state index in [0.717, 1.165) is 12.8 Å². The van der Waals surface area contributed by atoms with Crippen LogP contribution in [0.3, 0.4) is 0 Å². The minimum atomic E-state index is -0.346. The Hall–Kier alpha value is -0.160. The quantitative estimate of drug-likeness (QED) is 0.702. The molecular formula is C11H18O4. The predicted octanol–water partition coefficient (Wildman–Crippen LogP) is 0.820. The molecule has 1 N–H and O–H groups in total. The SMILES string of the molecule is C[C@@H]1O[C@H](CO)[C@H]2OC3(CCCC3)O[C@H]21. The molecule has 15 heavy (non-hydrogen) atoms. The van der Waals surface area contributed by atoms with Crippen molar-refractivity contribution in [2.24, 2.45) is 0 Å². The molecule has 4 heteroatoms. The molecule has 0 aromatic rings. The third-order valence-electron chi connectivity index (χ3n) is 3.79. The first kappa shape index (κ1) is 10.0. The molecule has 3 fully saturated rings. The topological polar surface area (TPSA) is 47.9 Å². The van der Waals surface area contributed by atoms with E-state index in [9.17, 15) is 5.11 Å². The zero-order valence-electron chi connectivity index (χ0n) is 9.02. The number of rotatable bonds is 1. The lowest BCUT2D eigenvalue weighted by Gasteiger charge is -2.25. The van der Waals surface area contributed by atoms with Gasteiger partial charge in [0.1, 0.15) is 18.3 Å². The fourth-order valence-corrected chi connectivity index (χ4v) is 3.04. The Morgan fingerprint density at radius 1 is 1.20 bits per heavy atom. The first-order valence-electron chi connectivity index (χ1n) is 5.86. The van der Waals surface area contributed by atoms with E-state index in [1.54, 1.807) is 0 Å². The van der Waals surface area contributed by atoms with E-state index in [4.69, 9.17) is 14.2 Å². The van der Waals surface area contributed by atoms with Crippen LogP contribution < -0.4 is 0 Å². The summed E-state index contributed by atoms with van der Waals surface area (Å²) in [6, 6.07) is 0. The Bertz CT molecular complexity index is 249. The van der Waals surface area contributed by atoms with E-state index in [1.165, 1.54) is 12.8 Å². The van der Waals surface area contributed by atoms with Crippen LogP contribution in [0.2, 0.25) is 0 Å². The second-order valence-corrected chi connectivity index (χ2v) is 4.84. The third kappa shape index (κ3) is 1.43. The van der Waals surface area contributed by atoms with E-state index in [2.05, 4.69) is 0 Å². The summed E-state index contributed by atoms with van der Waals surface area (Å²) in [6.45, 7) is 2.01. The predicted molar refractivity (Wildman–Crippen MR) is 52.4 cm³/mol. The van der Waals surface area contributed by atoms with Crippen molar-refractivity contribution in [3.05, 3.63) is 0 Å². The van der Waals surface area contributed by atoms with Crippen molar-refractivity contribution in [1.82, 2.24) is 0 Å². The van der Waals surface area contributed by atoms with Crippen molar-refractivity contribution >= 4 is 0 Å². The monoisotopic (exact) mass is 214 g/mol. The second-order valence-electron chi connectivity index (χ2n) is 4.84. The van der Waals surface area contributed by atoms with Gasteiger partial charge in [0.15, 0.2) is 5.79 Å². The molecule has 0 radical (unpaired) electrons. The maximum Gasteiger partial charge on any atom is 0.169 e. The molecule has 1 aliphatic carbocycles. The van der Waals surface area contributed by atoms with Gasteiger partial charge in [-0.1, -0.05) is 0 Å². The van der Waals surface area contributed by atoms with Crippen molar-refractivity contribution in [3.8, 4) is 0 Å². The molecule has 86 valence electrons. The number of aliphatic hydroxyl groups excluding tert-OH is 1. The standard InChI is InChI=1S/C11H18O4/c1-7-9-10(8(6-12)13-7)15-11(14-9)4-2-3-5-11/h7-10,12H,2-6H2,1H3/t7-,8+,9-,10+/m0/s1. The normalized spacial score (nSPS) is 47.6. The van der Waals surface area contributed by atoms with Gasteiger partial charge in [-0.05, 0) is 19.8 Å². The van der Waals surface area contributed by atoms with E-state index >= 15 is 0 Å². The maximum absolute atomic E-state index is 9.20. The van der Waals surface area contributed by atoms with Crippen molar-refractivity contribution in [2.75, 3.05) is 6.61 Å². The molecule has 1 spiro atoms. The first-order chi connectivity index (χ1) is 7.24. The highest BCUT2D eigenvalue weighted by atomic mass is 16.8. The highest BCUT2D eigenvalue weighted by molar-refractivity contribution is 4.99. The van der Waals surface area contributed by atoms with Gasteiger partial charge in [0, 0.05) is 12.8 Å². The number of aliphatic hydroxyl groups is 1. The summed E-state index contributed by atoms with van der Waals surface area (Å²) in [5.41, 5.74) is 0. The van der Waals surface area contributed by atoms with Gasteiger partial charge >= 0.3 is 0 Å². The van der Waals surface area contributed by atoms with Crippen molar-refractivity contribution in [1.29, 1.82) is 0 Å². The third-order valence-corrected chi connectivity index (χ3v) is 3.79. The van der Waals surface area contributed by atoms with Crippen molar-refractivity contribution < 1.29 is 19.3 Å². The molecule has 0 amide bonds. The molecule has 2 heterocycles. The Labute approximate surface area is 89.5 Å². The van der Waals surface area contributed by atoms with Gasteiger partial charge in [0.25, 0.3) is 0 Å². The van der Waals surface area contributed by atoms with Crippen LogP contribution in [0, 0.1) is 0 Å². The summed E-state index contributed by atoms with van der Waals surface area (Å²) in [6.07, 6.45) is 4.12. The molecule has 2 saturated heterocycles. The summed E-state index contributed by atoms with van der Waals surface area (Å²) in [4.78, 5) is 0. The molecular weight excluding hydrogens is 196 g/mol. The molecule has 1 saturated carbocycles. The summed E-state index contributed by atoms with van der Waals surface area (Å²) in [7, 11) is 0. The van der Waals surface area contributed by atoms with Crippen LogP contribution in [-0.2, 0) is 14.2 Å². The van der Waals surface area contributed by atoms with Gasteiger partial charge in [-0.25, -0.2) is 0 Å². The number of hydrogen-bond acceptors (Lipinski definition) is 4. The van der Waals surface area contributed by atoms with Crippen LogP contribution in [0.1, 0.15) is 32.6 Å². The lowest BCUT2D eigenvalue weighted by molar-refractivity contribution is -0.205. The van der Waals surface area contributed by atoms with Gasteiger partial charge in [-0.15, -0.1) is 0 Å². The minimum Gasteiger partial charge on any atom is -0.394 e. The van der Waals surface area contributed by atoms with Gasteiger partial charge in [-0.2, -0.15) is 0 Å². The smallest absolute Gasteiger partial charge is 0.169 e. The van der Waals surface area contributed by atoms with E-state index in [0.29, 0.717) is 0 Å². The Morgan fingerprint density at radius 2 is 1.87 bits per heavy atom. The fraction of sp³-hybridized carbons (Fsp3) is 1.00. The Balaban J connectivity index is 1.78. The van der Waals surface area contributed by atoms with Crippen LogP contribution in [0.25, 0.3) is 0 Å². The van der Waals surface area contributed by atoms with E-state index in [1.807, 2.05) is 6.92 Å². The Morgan fingerprint density at radius 3 is 2.53 bits per heavy atom. The molecule has 3 aliphatic rings. The zero-order valence-corrected chi connectivity index (χ0v) is 9.02. The van der Waals surface area contributed by atoms with Crippen molar-refractivity contribution in [2.45, 2.75) is 62.8 Å². The van der Waals surface area contributed by atoms with E-state index < -0.39 is 0 Å². The molecule has 0 aromatic heterocycles. The molecule has 0 bridgehead atoms. The molecule has 2 aliphatic heterocycles. The first-order valence-corrected chi connectivity index (χ1v) is 5.86. The molecule has 0 aromatic carbocycles. The van der Waals surface area contributed by atoms with E-state index in [-0.39, 0.29) is 36.8 Å². The summed E-state index contributed by atoms with van der Waals surface area (Å²) < 4.78 is 17.6. The largest absolute Gasteiger partial charge is 0.394 e. The summed E-state index contributed by atoms with van der Waals surface area (Å²) in [5.74, 6) is -0.346. The maximum atomic E-state index is 9.20. The summed E-state index contributed by atoms with van der Waals surface area (Å²) in [5, 5.41) is 9.20. The number of fused-ring (bicyclic) bond motifs is 1. The highest BCUT2D eigenvalue weighted by Crippen LogP contribution is 2.46. The van der Waals surface area contributed by atoms with Gasteiger partial charge in [0.2, 0.25) is 0 Å². The fourth-order valence-electron chi connectivity index (χ4n) is 3.04. The molecule has 4 nitrogen and oxygen atoms in total. The minimum absolute atomic E-state index is 0.0141. The molecule has 4 atom stereocenters. The van der Waals surface area contributed by atoms with Crippen LogP contribution >= 0.6 is 0 Å². The summed E-state index contributed by atoms with van der Waals surface area (Å²) >= 11 is 0. The van der Waals surface area contributed by atoms with Gasteiger partial charge in [0.05, 0.1) is 12.7 Å². The lowest BCUT2D eigenvalue weighted by atomic mass is 10.1. The van der Waals surface area contributed by atoms with Gasteiger partial charge < -0.3 is 19.3 Å². The number of hydrogen-bond donors (Lipinski definition) is 1. The van der Waals surface area contributed by atoms with Crippen LogP contribution in [0.5, 0.6) is 0 Å². The zero-order chi connectivity index (χ0) is 10.5. The highest BCUT2D eigenvalue weighted by Gasteiger charge is 2.57. The van der Waals surface area contributed by atoms with Crippen LogP contribution in [0.15, 0.2) is 0 Å². The van der Waals surface area contributed by atoms with Crippen LogP contribution in [0.4, 0.5) is 0 Å². The average molecular weight is 214 g/mol. The van der Waals surface area contributed by atoms with Crippen LogP contribution in [-0.4, -0.2) is 41.9 Å². The van der Waals surface area contributed by atoms with Crippen molar-refractivity contribution in [3.63, 3.8) is 0 Å². The number of ether oxygens (including phenoxy) is 3. The Kier molecular flexibility index (Phi) is 2.28.